The molecule has 0 aromatic rings. The van der Waals surface area contributed by atoms with Gasteiger partial charge in [0.15, 0.2) is 5.84 Å². The molecule has 0 radical (unpaired) electrons. The molecule has 1 heterocycles. The van der Waals surface area contributed by atoms with Gasteiger partial charge in [-0.3, -0.25) is 4.79 Å². The number of oxime groups is 1. The summed E-state index contributed by atoms with van der Waals surface area (Å²) >= 11 is 0. The minimum Gasteiger partial charge on any atom is -0.409 e. The highest BCUT2D eigenvalue weighted by molar-refractivity contribution is 6.07. The Kier molecular flexibility index (Phi) is 3.98. The highest BCUT2D eigenvalue weighted by Crippen LogP contribution is 2.42. The number of nitrogens with zero attached hydrogens (tertiary/aromatic N) is 2. The first-order valence-electron chi connectivity index (χ1n) is 7.58. The fraction of sp³-hybridized carbons (Fsp3) is 0.867. The lowest BCUT2D eigenvalue weighted by molar-refractivity contribution is -0.137. The molecule has 114 valence electrons. The molecule has 2 aliphatic rings. The summed E-state index contributed by atoms with van der Waals surface area (Å²) in [5.41, 5.74) is 5.32. The lowest BCUT2D eigenvalue weighted by Crippen LogP contribution is -2.49. The molecule has 2 rings (SSSR count). The van der Waals surface area contributed by atoms with Crippen molar-refractivity contribution in [3.8, 4) is 0 Å². The number of hydrogen-bond donors (Lipinski definition) is 2. The highest BCUT2D eigenvalue weighted by atomic mass is 16.4. The number of likely N-dealkylation sites (tertiary alicyclic amines) is 1. The van der Waals surface area contributed by atoms with Gasteiger partial charge in [-0.05, 0) is 30.6 Å². The Morgan fingerprint density at radius 3 is 2.40 bits per heavy atom. The Morgan fingerprint density at radius 2 is 1.95 bits per heavy atom. The number of carbonyl (C=O) groups excluding carboxylic acids is 1. The Labute approximate surface area is 121 Å². The number of amides is 1. The normalized spacial score (nSPS) is 27.1. The topological polar surface area (TPSA) is 78.9 Å². The van der Waals surface area contributed by atoms with Crippen LogP contribution in [0.2, 0.25) is 0 Å². The molecular formula is C15H27N3O2. The third-order valence-corrected chi connectivity index (χ3v) is 5.16. The first-order valence-corrected chi connectivity index (χ1v) is 7.58. The summed E-state index contributed by atoms with van der Waals surface area (Å²) in [7, 11) is 0. The molecule has 1 aliphatic carbocycles. The number of amidine groups is 1. The second kappa shape index (κ2) is 5.26. The first-order chi connectivity index (χ1) is 9.31. The number of carbonyl (C=O) groups is 1. The van der Waals surface area contributed by atoms with Crippen molar-refractivity contribution in [2.75, 3.05) is 13.1 Å². The van der Waals surface area contributed by atoms with Crippen molar-refractivity contribution in [3.63, 3.8) is 0 Å². The third kappa shape index (κ3) is 2.50. The summed E-state index contributed by atoms with van der Waals surface area (Å²) < 4.78 is 0. The van der Waals surface area contributed by atoms with Crippen LogP contribution in [0.4, 0.5) is 0 Å². The van der Waals surface area contributed by atoms with E-state index >= 15 is 0 Å². The number of rotatable bonds is 2. The van der Waals surface area contributed by atoms with E-state index in [4.69, 9.17) is 10.9 Å². The van der Waals surface area contributed by atoms with Gasteiger partial charge in [0.05, 0.1) is 0 Å². The van der Waals surface area contributed by atoms with Crippen LogP contribution in [0, 0.1) is 16.7 Å². The van der Waals surface area contributed by atoms with E-state index in [0.717, 1.165) is 32.4 Å². The van der Waals surface area contributed by atoms with E-state index in [2.05, 4.69) is 25.9 Å². The molecule has 3 N–H and O–H groups in total. The van der Waals surface area contributed by atoms with Crippen LogP contribution in [0.3, 0.4) is 0 Å². The molecule has 1 saturated carbocycles. The standard InChI is InChI=1S/C15H27N3O2/c1-14(2,3)11-6-9-18(10-11)13(19)15(12(16)17-20)7-4-5-8-15/h11,20H,4-10H2,1-3H3,(H2,16,17). The fourth-order valence-electron chi connectivity index (χ4n) is 3.61. The molecule has 1 aliphatic heterocycles. The van der Waals surface area contributed by atoms with Gasteiger partial charge in [-0.25, -0.2) is 0 Å². The molecule has 20 heavy (non-hydrogen) atoms. The van der Waals surface area contributed by atoms with Gasteiger partial charge < -0.3 is 15.8 Å². The zero-order valence-corrected chi connectivity index (χ0v) is 12.9. The lowest BCUT2D eigenvalue weighted by Gasteiger charge is -2.32. The van der Waals surface area contributed by atoms with E-state index < -0.39 is 5.41 Å². The summed E-state index contributed by atoms with van der Waals surface area (Å²) in [5, 5.41) is 12.2. The SMILES string of the molecule is CC(C)(C)C1CCN(C(=O)C2(C(N)=NO)CCCC2)C1. The third-order valence-electron chi connectivity index (χ3n) is 5.16. The van der Waals surface area contributed by atoms with E-state index in [-0.39, 0.29) is 17.2 Å². The Bertz CT molecular complexity index is 406. The van der Waals surface area contributed by atoms with Crippen LogP contribution in [0.1, 0.15) is 52.9 Å². The zero-order valence-electron chi connectivity index (χ0n) is 12.9. The molecule has 0 aromatic heterocycles. The van der Waals surface area contributed by atoms with Crippen molar-refractivity contribution in [1.29, 1.82) is 0 Å². The summed E-state index contributed by atoms with van der Waals surface area (Å²) in [6.07, 6.45) is 4.40. The van der Waals surface area contributed by atoms with Gasteiger partial charge in [-0.15, -0.1) is 0 Å². The molecule has 0 aromatic carbocycles. The van der Waals surface area contributed by atoms with Crippen LogP contribution >= 0.6 is 0 Å². The molecule has 0 bridgehead atoms. The van der Waals surface area contributed by atoms with E-state index in [1.807, 2.05) is 4.90 Å². The maximum atomic E-state index is 12.9. The van der Waals surface area contributed by atoms with Gasteiger partial charge in [0.25, 0.3) is 0 Å². The summed E-state index contributed by atoms with van der Waals surface area (Å²) in [4.78, 5) is 14.8. The van der Waals surface area contributed by atoms with Crippen molar-refractivity contribution < 1.29 is 10.0 Å². The fourth-order valence-corrected chi connectivity index (χ4v) is 3.61. The van der Waals surface area contributed by atoms with Crippen LogP contribution in [-0.4, -0.2) is 34.9 Å². The maximum absolute atomic E-state index is 12.9. The molecule has 1 atom stereocenters. The molecule has 1 amide bonds. The summed E-state index contributed by atoms with van der Waals surface area (Å²) in [5.74, 6) is 0.688. The molecule has 1 saturated heterocycles. The van der Waals surface area contributed by atoms with Gasteiger partial charge in [0.2, 0.25) is 5.91 Å². The van der Waals surface area contributed by atoms with E-state index in [9.17, 15) is 4.79 Å². The minimum atomic E-state index is -0.748. The van der Waals surface area contributed by atoms with Gasteiger partial charge in [0.1, 0.15) is 5.41 Å². The van der Waals surface area contributed by atoms with Gasteiger partial charge in [0, 0.05) is 13.1 Å². The van der Waals surface area contributed by atoms with Gasteiger partial charge >= 0.3 is 0 Å². The van der Waals surface area contributed by atoms with Crippen LogP contribution in [-0.2, 0) is 4.79 Å². The Balaban J connectivity index is 2.15. The van der Waals surface area contributed by atoms with Crippen molar-refractivity contribution in [1.82, 2.24) is 4.90 Å². The summed E-state index contributed by atoms with van der Waals surface area (Å²) in [6, 6.07) is 0. The number of nitrogens with two attached hydrogens (primary N) is 1. The van der Waals surface area contributed by atoms with Crippen LogP contribution in [0.15, 0.2) is 5.16 Å². The molecule has 2 fully saturated rings. The average molecular weight is 281 g/mol. The molecule has 0 spiro atoms. The van der Waals surface area contributed by atoms with Crippen molar-refractivity contribution in [3.05, 3.63) is 0 Å². The van der Waals surface area contributed by atoms with Crippen molar-refractivity contribution >= 4 is 11.7 Å². The molecular weight excluding hydrogens is 254 g/mol. The average Bonchev–Trinajstić information content (AvgIpc) is 3.05. The van der Waals surface area contributed by atoms with Crippen LogP contribution in [0.5, 0.6) is 0 Å². The van der Waals surface area contributed by atoms with E-state index in [1.54, 1.807) is 0 Å². The molecule has 5 heteroatoms. The van der Waals surface area contributed by atoms with Gasteiger partial charge in [-0.2, -0.15) is 0 Å². The van der Waals surface area contributed by atoms with Gasteiger partial charge in [-0.1, -0.05) is 38.8 Å². The zero-order chi connectivity index (χ0) is 15.0. The van der Waals surface area contributed by atoms with Crippen LogP contribution in [0.25, 0.3) is 0 Å². The summed E-state index contributed by atoms with van der Waals surface area (Å²) in [6.45, 7) is 8.26. The quantitative estimate of drug-likeness (QED) is 0.352. The number of hydrogen-bond acceptors (Lipinski definition) is 3. The highest BCUT2D eigenvalue weighted by Gasteiger charge is 2.49. The van der Waals surface area contributed by atoms with Crippen LogP contribution < -0.4 is 5.73 Å². The van der Waals surface area contributed by atoms with Crippen molar-refractivity contribution in [2.45, 2.75) is 52.9 Å². The predicted molar refractivity (Wildman–Crippen MR) is 78.5 cm³/mol. The smallest absolute Gasteiger partial charge is 0.236 e. The molecule has 5 nitrogen and oxygen atoms in total. The Morgan fingerprint density at radius 1 is 1.35 bits per heavy atom. The first kappa shape index (κ1) is 15.1. The van der Waals surface area contributed by atoms with Crippen molar-refractivity contribution in [2.24, 2.45) is 27.6 Å². The lowest BCUT2D eigenvalue weighted by atomic mass is 9.80. The van der Waals surface area contributed by atoms with E-state index in [1.165, 1.54) is 0 Å². The second-order valence-electron chi connectivity index (χ2n) is 7.38. The minimum absolute atomic E-state index is 0.0667. The maximum Gasteiger partial charge on any atom is 0.236 e. The predicted octanol–water partition coefficient (Wildman–Crippen LogP) is 2.19. The largest absolute Gasteiger partial charge is 0.409 e. The second-order valence-corrected chi connectivity index (χ2v) is 7.38. The Hall–Kier alpha value is -1.26. The monoisotopic (exact) mass is 281 g/mol. The molecule has 1 unspecified atom stereocenters. The van der Waals surface area contributed by atoms with E-state index in [0.29, 0.717) is 18.8 Å².